The number of Topliss-reactive ketones (excluding diaryl/α,β-unsaturated/α-hetero) is 1. The smallest absolute Gasteiger partial charge is 0.327 e. The van der Waals surface area contributed by atoms with Crippen LogP contribution >= 0.6 is 0 Å². The highest BCUT2D eigenvalue weighted by atomic mass is 16.5. The number of aryl methyl sites for hydroxylation is 1. The Morgan fingerprint density at radius 1 is 0.950 bits per heavy atom. The van der Waals surface area contributed by atoms with Gasteiger partial charge in [-0.05, 0) is 45.0 Å². The summed E-state index contributed by atoms with van der Waals surface area (Å²) in [4.78, 5) is 47.4. The molecule has 5 aromatic rings. The molecule has 1 unspecified atom stereocenters. The highest BCUT2D eigenvalue weighted by Crippen LogP contribution is 2.60. The molecule has 1 atom stereocenters. The van der Waals surface area contributed by atoms with Crippen molar-refractivity contribution in [2.45, 2.75) is 26.2 Å². The number of aromatic nitrogens is 5. The van der Waals surface area contributed by atoms with Crippen LogP contribution in [-0.4, -0.2) is 40.7 Å². The number of fused-ring (bicyclic) bond motifs is 5. The minimum Gasteiger partial charge on any atom is -0.507 e. The van der Waals surface area contributed by atoms with Crippen LogP contribution in [0.4, 0.5) is 0 Å². The van der Waals surface area contributed by atoms with Crippen molar-refractivity contribution in [3.05, 3.63) is 97.1 Å². The molecule has 4 heterocycles. The topological polar surface area (TPSA) is 163 Å². The largest absolute Gasteiger partial charge is 0.507 e. The Kier molecular flexibility index (Phi) is 4.61. The average Bonchev–Trinajstić information content (AvgIpc) is 3.42. The molecule has 11 heteroatoms. The number of nitrogens with one attached hydrogen (secondary N) is 2. The number of carbonyl (C=O) groups is 1. The van der Waals surface area contributed by atoms with E-state index >= 15 is 0 Å². The first-order chi connectivity index (χ1) is 19.1. The molecule has 0 fully saturated rings. The predicted octanol–water partition coefficient (Wildman–Crippen LogP) is 3.38. The van der Waals surface area contributed by atoms with Gasteiger partial charge in [0.15, 0.2) is 5.78 Å². The summed E-state index contributed by atoms with van der Waals surface area (Å²) >= 11 is 0. The molecule has 2 aliphatic rings. The lowest BCUT2D eigenvalue weighted by molar-refractivity contribution is 0.0905. The van der Waals surface area contributed by atoms with E-state index in [0.717, 1.165) is 5.69 Å². The van der Waals surface area contributed by atoms with Gasteiger partial charge in [-0.3, -0.25) is 19.6 Å². The summed E-state index contributed by atoms with van der Waals surface area (Å²) in [6, 6.07) is 12.3. The van der Waals surface area contributed by atoms with Gasteiger partial charge in [0.1, 0.15) is 34.1 Å². The predicted molar refractivity (Wildman–Crippen MR) is 145 cm³/mol. The third-order valence-electron chi connectivity index (χ3n) is 7.74. The molecule has 0 saturated carbocycles. The van der Waals surface area contributed by atoms with Crippen molar-refractivity contribution in [3.63, 3.8) is 0 Å². The Balaban J connectivity index is 1.49. The third kappa shape index (κ3) is 2.91. The number of hydrogen-bond acceptors (Lipinski definition) is 8. The molecule has 198 valence electrons. The molecule has 7 rings (SSSR count). The Morgan fingerprint density at radius 3 is 2.45 bits per heavy atom. The minimum atomic E-state index is -1.42. The van der Waals surface area contributed by atoms with Crippen molar-refractivity contribution in [1.29, 1.82) is 0 Å². The molecule has 3 aromatic heterocycles. The van der Waals surface area contributed by atoms with Crippen molar-refractivity contribution in [3.8, 4) is 34.2 Å². The summed E-state index contributed by atoms with van der Waals surface area (Å²) < 4.78 is 7.97. The summed E-state index contributed by atoms with van der Waals surface area (Å²) in [6.45, 7) is 4.94. The van der Waals surface area contributed by atoms with Crippen molar-refractivity contribution >= 4 is 22.9 Å². The number of aromatic hydroxyl groups is 2. The number of allylic oxidation sites excluding steroid dienone is 1. The molecule has 2 aromatic carbocycles. The minimum absolute atomic E-state index is 0.00743. The molecule has 1 aliphatic heterocycles. The normalized spacial score (nSPS) is 17.3. The van der Waals surface area contributed by atoms with Crippen molar-refractivity contribution in [2.75, 3.05) is 0 Å². The fourth-order valence-corrected chi connectivity index (χ4v) is 5.65. The van der Waals surface area contributed by atoms with Gasteiger partial charge in [0.25, 0.3) is 5.56 Å². The number of ether oxygens (including phenoxy) is 1. The average molecular weight is 536 g/mol. The zero-order valence-corrected chi connectivity index (χ0v) is 21.5. The van der Waals surface area contributed by atoms with Gasteiger partial charge in [0.2, 0.25) is 0 Å². The molecule has 4 N–H and O–H groups in total. The Hall–Kier alpha value is -5.45. The van der Waals surface area contributed by atoms with Gasteiger partial charge in [-0.2, -0.15) is 5.10 Å². The van der Waals surface area contributed by atoms with E-state index in [4.69, 9.17) is 4.74 Å². The van der Waals surface area contributed by atoms with E-state index in [9.17, 15) is 24.6 Å². The quantitative estimate of drug-likeness (QED) is 0.267. The maximum absolute atomic E-state index is 14.3. The zero-order chi connectivity index (χ0) is 28.1. The van der Waals surface area contributed by atoms with E-state index in [1.54, 1.807) is 24.6 Å². The summed E-state index contributed by atoms with van der Waals surface area (Å²) in [5, 5.41) is 27.2. The number of pyridine rings is 1. The lowest BCUT2D eigenvalue weighted by Crippen LogP contribution is -2.36. The highest BCUT2D eigenvalue weighted by Gasteiger charge is 2.55. The van der Waals surface area contributed by atoms with Crippen LogP contribution in [0.2, 0.25) is 0 Å². The number of phenols is 2. The number of hydrogen-bond donors (Lipinski definition) is 4. The molecule has 1 aliphatic carbocycles. The van der Waals surface area contributed by atoms with E-state index < -0.39 is 16.7 Å². The van der Waals surface area contributed by atoms with Gasteiger partial charge in [-0.1, -0.05) is 18.2 Å². The maximum Gasteiger partial charge on any atom is 0.327 e. The molecular weight excluding hydrogens is 514 g/mol. The molecule has 0 saturated heterocycles. The van der Waals surface area contributed by atoms with Crippen LogP contribution in [0.5, 0.6) is 17.2 Å². The summed E-state index contributed by atoms with van der Waals surface area (Å²) in [7, 11) is 0. The lowest BCUT2D eigenvalue weighted by Gasteiger charge is -2.27. The molecule has 11 nitrogen and oxygen atoms in total. The van der Waals surface area contributed by atoms with E-state index in [-0.39, 0.29) is 62.2 Å². The molecule has 0 spiro atoms. The number of H-pyrrole nitrogens is 2. The fourth-order valence-electron chi connectivity index (χ4n) is 5.65. The van der Waals surface area contributed by atoms with E-state index in [2.05, 4.69) is 20.1 Å². The highest BCUT2D eigenvalue weighted by molar-refractivity contribution is 6.14. The fraction of sp³-hybridized carbons (Fsp3) is 0.138. The van der Waals surface area contributed by atoms with Crippen LogP contribution in [0.15, 0.2) is 57.8 Å². The Morgan fingerprint density at radius 2 is 1.70 bits per heavy atom. The number of benzene rings is 2. The second kappa shape index (κ2) is 7.79. The number of phenolic OH excluding ortho intramolecular Hbond substituents is 2. The third-order valence-corrected chi connectivity index (χ3v) is 7.74. The van der Waals surface area contributed by atoms with Gasteiger partial charge < -0.3 is 14.9 Å². The van der Waals surface area contributed by atoms with Gasteiger partial charge in [-0.25, -0.2) is 14.5 Å². The Bertz CT molecular complexity index is 2100. The molecule has 0 amide bonds. The van der Waals surface area contributed by atoms with Gasteiger partial charge >= 0.3 is 5.69 Å². The van der Waals surface area contributed by atoms with Gasteiger partial charge in [-0.15, -0.1) is 0 Å². The maximum atomic E-state index is 14.3. The Labute approximate surface area is 225 Å². The molecule has 40 heavy (non-hydrogen) atoms. The van der Waals surface area contributed by atoms with Gasteiger partial charge in [0.05, 0.1) is 44.8 Å². The van der Waals surface area contributed by atoms with Crippen LogP contribution in [0, 0.1) is 13.8 Å². The number of nitrogens with zero attached hydrogens (tertiary/aromatic N) is 3. The number of carbonyl (C=O) groups excluding carboxylic acids is 1. The number of ketones is 1. The molecule has 0 bridgehead atoms. The van der Waals surface area contributed by atoms with Crippen LogP contribution in [0.25, 0.3) is 34.1 Å². The lowest BCUT2D eigenvalue weighted by atomic mass is 9.71. The van der Waals surface area contributed by atoms with Crippen LogP contribution in [-0.2, 0) is 5.41 Å². The number of rotatable bonds is 2. The van der Waals surface area contributed by atoms with Crippen LogP contribution < -0.4 is 16.0 Å². The zero-order valence-electron chi connectivity index (χ0n) is 21.5. The first-order valence-electron chi connectivity index (χ1n) is 12.4. The molecule has 0 radical (unpaired) electrons. The first-order valence-corrected chi connectivity index (χ1v) is 12.4. The first kappa shape index (κ1) is 23.7. The van der Waals surface area contributed by atoms with Crippen molar-refractivity contribution in [1.82, 2.24) is 24.7 Å². The van der Waals surface area contributed by atoms with Gasteiger partial charge in [0, 0.05) is 11.6 Å². The summed E-state index contributed by atoms with van der Waals surface area (Å²) in [5.74, 6) is -0.590. The second-order valence-electron chi connectivity index (χ2n) is 10.1. The standard InChI is InChI=1S/C29H21N5O6/c1-12-22(35)20(16-10-9-15-26(30-16)31-28(39)32-27(15)38)24-21(23(12)36)29(3)18(40-24)11-17-19(25(29)37)13(2)33-34(17)14-7-5-4-6-8-14/h4-11,35-36H,1-3H3,(H2,30,31,32,38,39). The van der Waals surface area contributed by atoms with Crippen molar-refractivity contribution < 1.29 is 19.7 Å². The van der Waals surface area contributed by atoms with Crippen LogP contribution in [0.3, 0.4) is 0 Å². The summed E-state index contributed by atoms with van der Waals surface area (Å²) in [6.07, 6.45) is 1.73. The number of para-hydroxylation sites is 1. The van der Waals surface area contributed by atoms with Crippen molar-refractivity contribution in [2.24, 2.45) is 0 Å². The monoisotopic (exact) mass is 535 g/mol. The number of aromatic amines is 2. The SMILES string of the molecule is Cc1nn(-c2ccccc2)c2c1C(=O)C1(C)C(=C2)Oc2c(-c3ccc4c(=O)[nH]c(=O)[nH]c4n3)c(O)c(C)c(O)c21. The summed E-state index contributed by atoms with van der Waals surface area (Å²) in [5.41, 5.74) is 0.0641. The van der Waals surface area contributed by atoms with E-state index in [1.165, 1.54) is 19.1 Å². The van der Waals surface area contributed by atoms with E-state index in [1.807, 2.05) is 30.3 Å². The van der Waals surface area contributed by atoms with E-state index in [0.29, 0.717) is 17.0 Å². The van der Waals surface area contributed by atoms with Crippen LogP contribution in [0.1, 0.15) is 39.8 Å². The second-order valence-corrected chi connectivity index (χ2v) is 10.1. The molecular formula is C29H21N5O6.